The fourth-order valence-electron chi connectivity index (χ4n) is 6.17. The van der Waals surface area contributed by atoms with Crippen molar-refractivity contribution >= 4 is 39.1 Å². The van der Waals surface area contributed by atoms with Crippen LogP contribution in [0.4, 0.5) is 5.69 Å². The van der Waals surface area contributed by atoms with E-state index in [1.54, 1.807) is 43.3 Å². The summed E-state index contributed by atoms with van der Waals surface area (Å²) in [6.45, 7) is 0.120. The Hall–Kier alpha value is -3.84. The first-order valence-electron chi connectivity index (χ1n) is 13.7. The fraction of sp³-hybridized carbons (Fsp3) is 0.355. The van der Waals surface area contributed by atoms with E-state index in [1.165, 1.54) is 69.7 Å². The lowest BCUT2D eigenvalue weighted by atomic mass is 9.80. The molecule has 5 rings (SSSR count). The Morgan fingerprint density at radius 2 is 1.66 bits per heavy atom. The number of hydrogen-bond donors (Lipinski definition) is 0. The molecule has 1 unspecified atom stereocenters. The summed E-state index contributed by atoms with van der Waals surface area (Å²) in [5.41, 5.74) is -1.25. The van der Waals surface area contributed by atoms with E-state index in [0.717, 1.165) is 4.31 Å². The first kappa shape index (κ1) is 31.6. The van der Waals surface area contributed by atoms with E-state index >= 15 is 4.79 Å². The molecule has 234 valence electrons. The number of benzene rings is 3. The van der Waals surface area contributed by atoms with Gasteiger partial charge in [0.05, 0.1) is 44.1 Å². The number of fused-ring (bicyclic) bond motifs is 1. The number of para-hydroxylation sites is 1. The van der Waals surface area contributed by atoms with Gasteiger partial charge >= 0.3 is 0 Å². The number of carbonyl (C=O) groups is 2. The van der Waals surface area contributed by atoms with E-state index in [2.05, 4.69) is 0 Å². The molecule has 0 aliphatic carbocycles. The highest BCUT2D eigenvalue weighted by Gasteiger charge is 2.64. The monoisotopic (exact) mass is 643 g/mol. The number of nitrogens with zero attached hydrogens (tertiary/aromatic N) is 3. The number of ether oxygens (including phenoxy) is 4. The Balaban J connectivity index is 1.88. The number of sulfonamides is 1. The highest BCUT2D eigenvalue weighted by atomic mass is 35.5. The zero-order chi connectivity index (χ0) is 32.0. The standard InChI is InChI=1S/C31H34ClN3O8S/c1-33(2)29(36)26-17-21(41-4)18-34(26)31(23-8-7-9-27(42-5)28(23)43-6)24-16-19(32)10-15-25(24)35(30(31)37)44(38,39)22-13-11-20(40-3)12-14-22/h7-16,21,26H,17-18H2,1-6H3/t21-,26+,31?/m1/s1. The van der Waals surface area contributed by atoms with Gasteiger partial charge in [-0.05, 0) is 55.0 Å². The zero-order valence-corrected chi connectivity index (χ0v) is 26.8. The van der Waals surface area contributed by atoms with Crippen LogP contribution in [0.1, 0.15) is 17.5 Å². The quantitative estimate of drug-likeness (QED) is 0.345. The highest BCUT2D eigenvalue weighted by Crippen LogP contribution is 2.56. The van der Waals surface area contributed by atoms with Crippen molar-refractivity contribution in [3.63, 3.8) is 0 Å². The van der Waals surface area contributed by atoms with E-state index in [1.807, 2.05) is 0 Å². The number of rotatable bonds is 9. The van der Waals surface area contributed by atoms with E-state index in [0.29, 0.717) is 11.5 Å². The predicted octanol–water partition coefficient (Wildman–Crippen LogP) is 3.52. The molecule has 0 bridgehead atoms. The average Bonchev–Trinajstić information content (AvgIpc) is 3.56. The zero-order valence-electron chi connectivity index (χ0n) is 25.2. The average molecular weight is 644 g/mol. The molecule has 13 heteroatoms. The van der Waals surface area contributed by atoms with E-state index in [4.69, 9.17) is 30.5 Å². The van der Waals surface area contributed by atoms with Crippen LogP contribution in [0.5, 0.6) is 17.2 Å². The third kappa shape index (κ3) is 4.76. The number of likely N-dealkylation sites (tertiary alicyclic amines) is 1. The molecule has 0 radical (unpaired) electrons. The largest absolute Gasteiger partial charge is 0.497 e. The van der Waals surface area contributed by atoms with Crippen molar-refractivity contribution in [3.8, 4) is 17.2 Å². The van der Waals surface area contributed by atoms with Crippen molar-refractivity contribution in [1.29, 1.82) is 0 Å². The normalized spacial score (nSPS) is 21.7. The highest BCUT2D eigenvalue weighted by molar-refractivity contribution is 7.93. The molecule has 3 aromatic rings. The number of carbonyl (C=O) groups excluding carboxylic acids is 2. The summed E-state index contributed by atoms with van der Waals surface area (Å²) in [6.07, 6.45) is -0.185. The van der Waals surface area contributed by atoms with Crippen LogP contribution < -0.4 is 18.5 Å². The number of hydrogen-bond acceptors (Lipinski definition) is 9. The third-order valence-electron chi connectivity index (χ3n) is 8.20. The Labute approximate surface area is 261 Å². The maximum absolute atomic E-state index is 15.3. The molecule has 11 nitrogen and oxygen atoms in total. The summed E-state index contributed by atoms with van der Waals surface area (Å²) >= 11 is 6.57. The Morgan fingerprint density at radius 1 is 0.955 bits per heavy atom. The Kier molecular flexibility index (Phi) is 8.56. The van der Waals surface area contributed by atoms with Crippen LogP contribution in [-0.2, 0) is 29.9 Å². The van der Waals surface area contributed by atoms with Crippen molar-refractivity contribution in [2.75, 3.05) is 53.4 Å². The SMILES string of the molecule is COc1ccc(S(=O)(=O)N2C(=O)C(c3cccc(OC)c3OC)(N3C[C@H](OC)C[C@H]3C(=O)N(C)C)c3cc(Cl)ccc32)cc1. The van der Waals surface area contributed by atoms with Gasteiger partial charge in [0.15, 0.2) is 17.0 Å². The lowest BCUT2D eigenvalue weighted by Crippen LogP contribution is -2.59. The van der Waals surface area contributed by atoms with Gasteiger partial charge in [0, 0.05) is 43.9 Å². The molecule has 3 atom stereocenters. The van der Waals surface area contributed by atoms with Crippen molar-refractivity contribution in [2.24, 2.45) is 0 Å². The summed E-state index contributed by atoms with van der Waals surface area (Å²) in [7, 11) is 4.66. The maximum Gasteiger partial charge on any atom is 0.271 e. The summed E-state index contributed by atoms with van der Waals surface area (Å²) in [6, 6.07) is 14.5. The van der Waals surface area contributed by atoms with Crippen LogP contribution in [-0.4, -0.2) is 91.3 Å². The number of likely N-dealkylation sites (N-methyl/N-ethyl adjacent to an activating group) is 1. The van der Waals surface area contributed by atoms with Crippen LogP contribution in [0.15, 0.2) is 65.6 Å². The smallest absolute Gasteiger partial charge is 0.271 e. The molecular weight excluding hydrogens is 610 g/mol. The van der Waals surface area contributed by atoms with Gasteiger partial charge in [0.1, 0.15) is 5.75 Å². The minimum absolute atomic E-state index is 0.0945. The topological polar surface area (TPSA) is 115 Å². The summed E-state index contributed by atoms with van der Waals surface area (Å²) in [4.78, 5) is 32.1. The van der Waals surface area contributed by atoms with Crippen LogP contribution in [0.2, 0.25) is 5.02 Å². The van der Waals surface area contributed by atoms with E-state index in [-0.39, 0.29) is 51.4 Å². The molecule has 0 N–H and O–H groups in total. The minimum Gasteiger partial charge on any atom is -0.497 e. The van der Waals surface area contributed by atoms with Crippen molar-refractivity contribution in [2.45, 2.75) is 29.0 Å². The second-order valence-electron chi connectivity index (χ2n) is 10.7. The number of amides is 2. The summed E-state index contributed by atoms with van der Waals surface area (Å²) in [5.74, 6) is -0.138. The molecule has 1 fully saturated rings. The number of anilines is 1. The lowest BCUT2D eigenvalue weighted by molar-refractivity contribution is -0.138. The first-order chi connectivity index (χ1) is 21.0. The molecule has 2 aliphatic heterocycles. The molecule has 2 heterocycles. The molecule has 2 aliphatic rings. The van der Waals surface area contributed by atoms with Gasteiger partial charge in [-0.25, -0.2) is 12.7 Å². The van der Waals surface area contributed by atoms with Crippen molar-refractivity contribution < 1.29 is 37.0 Å². The molecular formula is C31H34ClN3O8S. The first-order valence-corrected chi connectivity index (χ1v) is 15.5. The van der Waals surface area contributed by atoms with Gasteiger partial charge in [-0.3, -0.25) is 14.5 Å². The van der Waals surface area contributed by atoms with E-state index < -0.39 is 33.6 Å². The summed E-state index contributed by atoms with van der Waals surface area (Å²) < 4.78 is 52.0. The lowest BCUT2D eigenvalue weighted by Gasteiger charge is -2.42. The fourth-order valence-corrected chi connectivity index (χ4v) is 7.81. The summed E-state index contributed by atoms with van der Waals surface area (Å²) in [5, 5.41) is 0.268. The molecule has 0 aromatic heterocycles. The van der Waals surface area contributed by atoms with Crippen molar-refractivity contribution in [3.05, 3.63) is 76.8 Å². The van der Waals surface area contributed by atoms with Gasteiger partial charge in [-0.15, -0.1) is 0 Å². The van der Waals surface area contributed by atoms with E-state index in [9.17, 15) is 13.2 Å². The van der Waals surface area contributed by atoms with Crippen LogP contribution in [0.3, 0.4) is 0 Å². The number of halogens is 1. The predicted molar refractivity (Wildman–Crippen MR) is 164 cm³/mol. The van der Waals surface area contributed by atoms with Crippen LogP contribution in [0, 0.1) is 0 Å². The molecule has 2 amide bonds. The molecule has 0 spiro atoms. The minimum atomic E-state index is -4.50. The Morgan fingerprint density at radius 3 is 2.25 bits per heavy atom. The molecule has 1 saturated heterocycles. The molecule has 3 aromatic carbocycles. The second-order valence-corrected chi connectivity index (χ2v) is 12.9. The van der Waals surface area contributed by atoms with Crippen LogP contribution in [0.25, 0.3) is 0 Å². The van der Waals surface area contributed by atoms with Gasteiger partial charge < -0.3 is 23.8 Å². The molecule has 44 heavy (non-hydrogen) atoms. The van der Waals surface area contributed by atoms with Crippen molar-refractivity contribution in [1.82, 2.24) is 9.80 Å². The molecule has 0 saturated carbocycles. The van der Waals surface area contributed by atoms with Gasteiger partial charge in [0.2, 0.25) is 5.91 Å². The Bertz CT molecular complexity index is 1700. The second kappa shape index (κ2) is 11.9. The van der Waals surface area contributed by atoms with Gasteiger partial charge in [-0.2, -0.15) is 0 Å². The third-order valence-corrected chi connectivity index (χ3v) is 10.2. The van der Waals surface area contributed by atoms with Crippen LogP contribution >= 0.6 is 11.6 Å². The van der Waals surface area contributed by atoms with Gasteiger partial charge in [-0.1, -0.05) is 23.7 Å². The maximum atomic E-state index is 15.3. The van der Waals surface area contributed by atoms with Gasteiger partial charge in [0.25, 0.3) is 15.9 Å². The number of methoxy groups -OCH3 is 4.